The molecule has 0 aliphatic rings. The lowest BCUT2D eigenvalue weighted by Gasteiger charge is -1.95. The molecule has 0 fully saturated rings. The molecule has 0 bridgehead atoms. The van der Waals surface area contributed by atoms with Crippen LogP contribution in [-0.2, 0) is 6.54 Å². The summed E-state index contributed by atoms with van der Waals surface area (Å²) < 4.78 is 1.79. The van der Waals surface area contributed by atoms with Crippen molar-refractivity contribution in [2.24, 2.45) is 5.73 Å². The van der Waals surface area contributed by atoms with Crippen LogP contribution >= 0.6 is 11.3 Å². The van der Waals surface area contributed by atoms with Gasteiger partial charge in [-0.15, -0.1) is 21.5 Å². The van der Waals surface area contributed by atoms with Gasteiger partial charge in [0.25, 0.3) is 0 Å². The number of fused-ring (bicyclic) bond motifs is 3. The number of hydrogen-bond donors (Lipinski definition) is 2. The van der Waals surface area contributed by atoms with Crippen LogP contribution in [0.25, 0.3) is 28.3 Å². The maximum atomic E-state index is 5.57. The molecule has 0 radical (unpaired) electrons. The molecule has 9 heteroatoms. The number of nitrogens with zero attached hydrogens (tertiary/aromatic N) is 6. The second kappa shape index (κ2) is 3.80. The fourth-order valence-corrected chi connectivity index (χ4v) is 2.57. The largest absolute Gasteiger partial charge is 0.340 e. The van der Waals surface area contributed by atoms with Gasteiger partial charge in [-0.25, -0.2) is 15.0 Å². The number of thiazole rings is 1. The second-order valence-electron chi connectivity index (χ2n) is 3.89. The van der Waals surface area contributed by atoms with Gasteiger partial charge in [0.2, 0.25) is 0 Å². The Morgan fingerprint density at radius 3 is 3.11 bits per heavy atom. The quantitative estimate of drug-likeness (QED) is 0.552. The Bertz CT molecular complexity index is 872. The van der Waals surface area contributed by atoms with Crippen molar-refractivity contribution in [1.82, 2.24) is 34.5 Å². The van der Waals surface area contributed by atoms with Gasteiger partial charge in [-0.2, -0.15) is 0 Å². The number of aromatic amines is 1. The summed E-state index contributed by atoms with van der Waals surface area (Å²) in [6, 6.07) is 0. The SMILES string of the molecule is NCc1nc(-c2nnc3c4[nH]cnc4ncn23)cs1. The van der Waals surface area contributed by atoms with E-state index in [1.54, 1.807) is 17.1 Å². The van der Waals surface area contributed by atoms with E-state index in [4.69, 9.17) is 5.73 Å². The Morgan fingerprint density at radius 1 is 1.32 bits per heavy atom. The van der Waals surface area contributed by atoms with Crippen LogP contribution in [0.5, 0.6) is 0 Å². The molecule has 0 saturated heterocycles. The fraction of sp³-hybridized carbons (Fsp3) is 0.100. The number of aromatic nitrogens is 7. The predicted octanol–water partition coefficient (Wildman–Crippen LogP) is 0.583. The van der Waals surface area contributed by atoms with E-state index in [1.807, 2.05) is 5.38 Å². The average molecular weight is 272 g/mol. The molecule has 94 valence electrons. The van der Waals surface area contributed by atoms with Crippen LogP contribution in [0.1, 0.15) is 5.01 Å². The lowest BCUT2D eigenvalue weighted by Crippen LogP contribution is -1.96. The highest BCUT2D eigenvalue weighted by atomic mass is 32.1. The van der Waals surface area contributed by atoms with Crippen LogP contribution in [0.4, 0.5) is 0 Å². The molecule has 4 heterocycles. The predicted molar refractivity (Wildman–Crippen MR) is 69.4 cm³/mol. The summed E-state index contributed by atoms with van der Waals surface area (Å²) >= 11 is 1.50. The van der Waals surface area contributed by atoms with Crippen LogP contribution in [0.3, 0.4) is 0 Å². The first-order valence-electron chi connectivity index (χ1n) is 5.54. The molecule has 4 aromatic rings. The lowest BCUT2D eigenvalue weighted by molar-refractivity contribution is 1.02. The first kappa shape index (κ1) is 10.5. The zero-order valence-electron chi connectivity index (χ0n) is 9.61. The first-order valence-corrected chi connectivity index (χ1v) is 6.42. The van der Waals surface area contributed by atoms with Gasteiger partial charge in [0.1, 0.15) is 22.5 Å². The molecule has 0 aliphatic heterocycles. The van der Waals surface area contributed by atoms with Gasteiger partial charge in [0, 0.05) is 11.9 Å². The van der Waals surface area contributed by atoms with E-state index in [0.29, 0.717) is 23.7 Å². The van der Waals surface area contributed by atoms with E-state index >= 15 is 0 Å². The molecule has 4 rings (SSSR count). The number of imidazole rings is 1. The van der Waals surface area contributed by atoms with Crippen LogP contribution in [-0.4, -0.2) is 34.5 Å². The zero-order valence-corrected chi connectivity index (χ0v) is 10.4. The maximum Gasteiger partial charge on any atom is 0.190 e. The van der Waals surface area contributed by atoms with Crippen LogP contribution in [0.2, 0.25) is 0 Å². The average Bonchev–Trinajstić information content (AvgIpc) is 3.15. The van der Waals surface area contributed by atoms with Gasteiger partial charge in [-0.1, -0.05) is 0 Å². The van der Waals surface area contributed by atoms with Gasteiger partial charge in [0.15, 0.2) is 17.1 Å². The van der Waals surface area contributed by atoms with E-state index in [0.717, 1.165) is 16.2 Å². The molecule has 0 amide bonds. The van der Waals surface area contributed by atoms with E-state index in [9.17, 15) is 0 Å². The van der Waals surface area contributed by atoms with Crippen molar-refractivity contribution in [1.29, 1.82) is 0 Å². The highest BCUT2D eigenvalue weighted by molar-refractivity contribution is 7.09. The molecule has 8 nitrogen and oxygen atoms in total. The number of hydrogen-bond acceptors (Lipinski definition) is 7. The topological polar surface area (TPSA) is 111 Å². The third kappa shape index (κ3) is 1.45. The maximum absolute atomic E-state index is 5.57. The van der Waals surface area contributed by atoms with E-state index in [1.165, 1.54) is 11.3 Å². The van der Waals surface area contributed by atoms with Crippen LogP contribution < -0.4 is 5.73 Å². The van der Waals surface area contributed by atoms with Crippen LogP contribution in [0, 0.1) is 0 Å². The summed E-state index contributed by atoms with van der Waals surface area (Å²) in [5, 5.41) is 11.1. The molecule has 0 aliphatic carbocycles. The molecule has 0 unspecified atom stereocenters. The standard InChI is InChI=1S/C10H8N8S/c11-1-6-15-5(2-19-6)9-16-17-10-7-8(13-3-12-7)14-4-18(9)10/h2-4H,1,11H2,(H,12,13). The third-order valence-corrected chi connectivity index (χ3v) is 3.66. The number of nitrogens with one attached hydrogen (secondary N) is 1. The molecule has 3 N–H and O–H groups in total. The zero-order chi connectivity index (χ0) is 12.8. The molecule has 19 heavy (non-hydrogen) atoms. The minimum absolute atomic E-state index is 0.421. The molecule has 0 spiro atoms. The Kier molecular flexibility index (Phi) is 2.11. The second-order valence-corrected chi connectivity index (χ2v) is 4.84. The van der Waals surface area contributed by atoms with Gasteiger partial charge >= 0.3 is 0 Å². The Hall–Kier alpha value is -2.39. The Morgan fingerprint density at radius 2 is 2.26 bits per heavy atom. The highest BCUT2D eigenvalue weighted by Gasteiger charge is 2.14. The fourth-order valence-electron chi connectivity index (χ4n) is 1.92. The minimum Gasteiger partial charge on any atom is -0.340 e. The van der Waals surface area contributed by atoms with Crippen molar-refractivity contribution < 1.29 is 0 Å². The van der Waals surface area contributed by atoms with Crippen molar-refractivity contribution in [3.05, 3.63) is 23.0 Å². The summed E-state index contributed by atoms with van der Waals surface area (Å²) in [6.07, 6.45) is 3.23. The minimum atomic E-state index is 0.421. The summed E-state index contributed by atoms with van der Waals surface area (Å²) in [4.78, 5) is 15.8. The molecular weight excluding hydrogens is 264 g/mol. The molecule has 0 saturated carbocycles. The summed E-state index contributed by atoms with van der Waals surface area (Å²) in [6.45, 7) is 0.421. The summed E-state index contributed by atoms with van der Waals surface area (Å²) in [5.74, 6) is 0.648. The smallest absolute Gasteiger partial charge is 0.190 e. The third-order valence-electron chi connectivity index (χ3n) is 2.79. The van der Waals surface area contributed by atoms with Gasteiger partial charge in [-0.3, -0.25) is 4.40 Å². The summed E-state index contributed by atoms with van der Waals surface area (Å²) in [5.41, 5.74) is 8.38. The summed E-state index contributed by atoms with van der Waals surface area (Å²) in [7, 11) is 0. The Labute approximate surface area is 110 Å². The molecule has 4 aromatic heterocycles. The van der Waals surface area contributed by atoms with Crippen molar-refractivity contribution >= 4 is 28.1 Å². The van der Waals surface area contributed by atoms with Gasteiger partial charge < -0.3 is 10.7 Å². The number of nitrogens with two attached hydrogens (primary N) is 1. The highest BCUT2D eigenvalue weighted by Crippen LogP contribution is 2.22. The van der Waals surface area contributed by atoms with Crippen LogP contribution in [0.15, 0.2) is 18.0 Å². The van der Waals surface area contributed by atoms with Gasteiger partial charge in [0.05, 0.1) is 6.33 Å². The van der Waals surface area contributed by atoms with Crippen molar-refractivity contribution in [3.8, 4) is 11.5 Å². The van der Waals surface area contributed by atoms with E-state index < -0.39 is 0 Å². The lowest BCUT2D eigenvalue weighted by atomic mass is 10.4. The monoisotopic (exact) mass is 272 g/mol. The first-order chi connectivity index (χ1) is 9.36. The van der Waals surface area contributed by atoms with Crippen molar-refractivity contribution in [3.63, 3.8) is 0 Å². The molecular formula is C10H8N8S. The van der Waals surface area contributed by atoms with E-state index in [-0.39, 0.29) is 0 Å². The number of rotatable bonds is 2. The van der Waals surface area contributed by atoms with Gasteiger partial charge in [-0.05, 0) is 0 Å². The Balaban J connectivity index is 1.99. The number of H-pyrrole nitrogens is 1. The van der Waals surface area contributed by atoms with Crippen molar-refractivity contribution in [2.45, 2.75) is 6.54 Å². The normalized spacial score (nSPS) is 11.6. The molecule has 0 atom stereocenters. The van der Waals surface area contributed by atoms with E-state index in [2.05, 4.69) is 30.1 Å². The van der Waals surface area contributed by atoms with Crippen molar-refractivity contribution in [2.75, 3.05) is 0 Å². The molecule has 0 aromatic carbocycles.